The Morgan fingerprint density at radius 3 is 1.50 bits per heavy atom. The lowest BCUT2D eigenvalue weighted by Crippen LogP contribution is -2.60. The molecule has 0 unspecified atom stereocenters. The minimum absolute atomic E-state index is 0.0368. The van der Waals surface area contributed by atoms with Crippen LogP contribution in [0.2, 0.25) is 0 Å². The maximum absolute atomic E-state index is 2.66. The van der Waals surface area contributed by atoms with E-state index in [0.29, 0.717) is 0 Å². The second-order valence-corrected chi connectivity index (χ2v) is 28.0. The summed E-state index contributed by atoms with van der Waals surface area (Å²) in [6, 6.07) is 126. The fraction of sp³-hybridized carbons (Fsp3) is 0.0549. The van der Waals surface area contributed by atoms with Crippen LogP contribution in [-0.4, -0.2) is 11.3 Å². The quantitative estimate of drug-likeness (QED) is 0.113. The summed E-state index contributed by atoms with van der Waals surface area (Å²) in [5.74, 6) is 0. The normalized spacial score (nSPS) is 12.4. The molecule has 2 aromatic heterocycles. The first kappa shape index (κ1) is 58.7. The highest BCUT2D eigenvalue weighted by Gasteiger charge is 2.47. The summed E-state index contributed by atoms with van der Waals surface area (Å²) in [5, 5.41) is 3.70. The van der Waals surface area contributed by atoms with Crippen LogP contribution in [0, 0.1) is 6.92 Å². The summed E-state index contributed by atoms with van der Waals surface area (Å²) in [6.45, 7) is 8.94. The van der Waals surface area contributed by atoms with E-state index in [-0.39, 0.29) is 12.1 Å². The molecule has 18 rings (SSSR count). The van der Waals surface area contributed by atoms with Crippen LogP contribution in [0.25, 0.3) is 71.0 Å². The van der Waals surface area contributed by atoms with Crippen LogP contribution >= 0.6 is 11.3 Å². The minimum atomic E-state index is -0.183. The van der Waals surface area contributed by atoms with Gasteiger partial charge in [-0.3, -0.25) is 0 Å². The van der Waals surface area contributed by atoms with Crippen molar-refractivity contribution in [2.24, 2.45) is 0 Å². The number of fused-ring (bicyclic) bond motifs is 9. The van der Waals surface area contributed by atoms with Crippen molar-refractivity contribution >= 4 is 134 Å². The number of thiophene rings is 1. The summed E-state index contributed by atoms with van der Waals surface area (Å²) >= 11 is 1.94. The molecule has 0 atom stereocenters. The fourth-order valence-electron chi connectivity index (χ4n) is 15.4. The van der Waals surface area contributed by atoms with Gasteiger partial charge in [0.2, 0.25) is 0 Å². The third kappa shape index (κ3) is 9.91. The monoisotopic (exact) mass is 1270 g/mol. The molecule has 14 aromatic carbocycles. The van der Waals surface area contributed by atoms with Gasteiger partial charge in [-0.05, 0) is 178 Å². The molecule has 0 spiro atoms. The van der Waals surface area contributed by atoms with Crippen molar-refractivity contribution < 1.29 is 0 Å². The molecule has 0 radical (unpaired) electrons. The lowest BCUT2D eigenvalue weighted by atomic mass is 9.36. The Balaban J connectivity index is 0.959. The van der Waals surface area contributed by atoms with Crippen molar-refractivity contribution in [3.8, 4) is 39.1 Å². The second-order valence-electron chi connectivity index (χ2n) is 26.9. The minimum Gasteiger partial charge on any atom is -0.311 e. The molecule has 2 aliphatic heterocycles. The molecule has 0 fully saturated rings. The fourth-order valence-corrected chi connectivity index (χ4v) is 16.7. The predicted molar refractivity (Wildman–Crippen MR) is 419 cm³/mol. The van der Waals surface area contributed by atoms with Gasteiger partial charge in [-0.15, -0.1) is 11.3 Å². The highest BCUT2D eigenvalue weighted by atomic mass is 32.1. The van der Waals surface area contributed by atoms with E-state index >= 15 is 0 Å². The highest BCUT2D eigenvalue weighted by Crippen LogP contribution is 2.54. The summed E-state index contributed by atoms with van der Waals surface area (Å²) in [6.07, 6.45) is 0. The molecule has 0 amide bonds. The number of rotatable bonds is 12. The number of nitrogens with zero attached hydrogens (tertiary/aromatic N) is 5. The van der Waals surface area contributed by atoms with Crippen LogP contribution in [0.3, 0.4) is 0 Å². The van der Waals surface area contributed by atoms with Crippen LogP contribution in [0.5, 0.6) is 0 Å². The molecule has 0 bridgehead atoms. The maximum Gasteiger partial charge on any atom is 0.264 e. The van der Waals surface area contributed by atoms with Crippen LogP contribution in [-0.2, 0) is 5.41 Å². The Labute approximate surface area is 577 Å². The van der Waals surface area contributed by atoms with Crippen molar-refractivity contribution in [1.82, 2.24) is 4.57 Å². The van der Waals surface area contributed by atoms with Crippen LogP contribution in [0.1, 0.15) is 31.9 Å². The average molecular weight is 1270 g/mol. The Kier molecular flexibility index (Phi) is 14.2. The Morgan fingerprint density at radius 1 is 0.347 bits per heavy atom. The first-order valence-electron chi connectivity index (χ1n) is 33.9. The lowest BCUT2D eigenvalue weighted by molar-refractivity contribution is 0.590. The molecular weight excluding hydrogens is 1210 g/mol. The topological polar surface area (TPSA) is 17.9 Å². The molecule has 4 heterocycles. The third-order valence-electron chi connectivity index (χ3n) is 19.9. The van der Waals surface area contributed by atoms with Crippen molar-refractivity contribution in [1.29, 1.82) is 0 Å². The van der Waals surface area contributed by atoms with Gasteiger partial charge in [0.25, 0.3) is 6.71 Å². The van der Waals surface area contributed by atoms with E-state index in [2.05, 4.69) is 392 Å². The van der Waals surface area contributed by atoms with Gasteiger partial charge in [0.15, 0.2) is 0 Å². The number of hydrogen-bond acceptors (Lipinski definition) is 5. The number of anilines is 12. The zero-order chi connectivity index (χ0) is 65.6. The van der Waals surface area contributed by atoms with E-state index < -0.39 is 0 Å². The summed E-state index contributed by atoms with van der Waals surface area (Å²) in [7, 11) is 0. The van der Waals surface area contributed by atoms with Crippen molar-refractivity contribution in [3.05, 3.63) is 351 Å². The zero-order valence-corrected chi connectivity index (χ0v) is 55.9. The number of para-hydroxylation sites is 5. The van der Waals surface area contributed by atoms with Gasteiger partial charge in [0.1, 0.15) is 0 Å². The van der Waals surface area contributed by atoms with Crippen LogP contribution < -0.4 is 35.3 Å². The Bertz CT molecular complexity index is 5590. The van der Waals surface area contributed by atoms with E-state index in [1.165, 1.54) is 70.0 Å². The number of aryl methyl sites for hydroxylation is 1. The highest BCUT2D eigenvalue weighted by molar-refractivity contribution is 7.33. The van der Waals surface area contributed by atoms with Gasteiger partial charge in [-0.25, -0.2) is 0 Å². The lowest BCUT2D eigenvalue weighted by Gasteiger charge is -2.44. The standard InChI is InChI=1S/C91H68BN5S/c1-61-42-55-87-78(56-61)89-90(98-87)92-79-53-52-72(94(69-46-44-66(45-47-69)91(2,3)4)80-39-23-20-36-74(80)63-28-12-6-13-29-63)58-84(79)96(71-50-48-70(49-51-71)95-81-40-24-21-37-75(81)76-38-22-25-41-82(76)95)85-59-73(93(67-32-16-8-17-33-67)68-34-18-9-19-35-68)60-86(88(85)92)97(89)83-54-43-65(62-26-10-5-11-27-62)57-77(83)64-30-14-7-15-31-64/h5-60H,1-4H3. The van der Waals surface area contributed by atoms with Crippen LogP contribution in [0.4, 0.5) is 68.2 Å². The molecule has 0 N–H and O–H groups in total. The molecule has 7 heteroatoms. The first-order valence-corrected chi connectivity index (χ1v) is 34.7. The molecule has 0 saturated heterocycles. The maximum atomic E-state index is 2.66. The van der Waals surface area contributed by atoms with Crippen molar-refractivity contribution in [3.63, 3.8) is 0 Å². The average Bonchev–Trinajstić information content (AvgIpc) is 1.17. The smallest absolute Gasteiger partial charge is 0.264 e. The Hall–Kier alpha value is -11.9. The van der Waals surface area contributed by atoms with E-state index in [4.69, 9.17) is 0 Å². The number of benzene rings is 14. The first-order chi connectivity index (χ1) is 48.2. The van der Waals surface area contributed by atoms with E-state index in [1.807, 2.05) is 11.3 Å². The Morgan fingerprint density at radius 2 is 0.867 bits per heavy atom. The molecule has 2 aliphatic rings. The molecule has 466 valence electrons. The summed E-state index contributed by atoms with van der Waals surface area (Å²) in [5.41, 5.74) is 28.4. The largest absolute Gasteiger partial charge is 0.311 e. The van der Waals surface area contributed by atoms with Gasteiger partial charge in [-0.2, -0.15) is 0 Å². The van der Waals surface area contributed by atoms with Crippen molar-refractivity contribution in [2.45, 2.75) is 33.1 Å². The summed E-state index contributed by atoms with van der Waals surface area (Å²) < 4.78 is 4.98. The van der Waals surface area contributed by atoms with E-state index in [1.54, 1.807) is 0 Å². The van der Waals surface area contributed by atoms with Gasteiger partial charge in [0.05, 0.1) is 33.8 Å². The van der Waals surface area contributed by atoms with Gasteiger partial charge in [0, 0.05) is 87.9 Å². The van der Waals surface area contributed by atoms with E-state index in [9.17, 15) is 0 Å². The second kappa shape index (κ2) is 23.8. The summed E-state index contributed by atoms with van der Waals surface area (Å²) in [4.78, 5) is 10.2. The number of aromatic nitrogens is 1. The molecule has 98 heavy (non-hydrogen) atoms. The van der Waals surface area contributed by atoms with Crippen LogP contribution in [0.15, 0.2) is 340 Å². The number of hydrogen-bond donors (Lipinski definition) is 0. The van der Waals surface area contributed by atoms with Gasteiger partial charge in [-0.1, -0.05) is 239 Å². The third-order valence-corrected chi connectivity index (χ3v) is 21.2. The molecule has 0 saturated carbocycles. The molecule has 5 nitrogen and oxygen atoms in total. The van der Waals surface area contributed by atoms with E-state index in [0.717, 1.165) is 96.1 Å². The van der Waals surface area contributed by atoms with Gasteiger partial charge >= 0.3 is 0 Å². The zero-order valence-electron chi connectivity index (χ0n) is 55.1. The molecule has 0 aliphatic carbocycles. The van der Waals surface area contributed by atoms with Gasteiger partial charge < -0.3 is 24.2 Å². The predicted octanol–water partition coefficient (Wildman–Crippen LogP) is 23.6. The molecular formula is C91H68BN5S. The SMILES string of the molecule is Cc1ccc2sc3c(c2c1)N(c1ccc(-c2ccccc2)cc1-c1ccccc1)c1cc(N(c2ccccc2)c2ccccc2)cc2c1B3c1ccc(N(c3ccc(C(C)(C)C)cc3)c3ccccc3-c3ccccc3)cc1N2c1ccc(-n2c3ccccc3c3ccccc32)cc1. The molecule has 16 aromatic rings. The van der Waals surface area contributed by atoms with Crippen molar-refractivity contribution in [2.75, 3.05) is 19.6 Å².